The van der Waals surface area contributed by atoms with Gasteiger partial charge >= 0.3 is 0 Å². The first-order chi connectivity index (χ1) is 15.5. The summed E-state index contributed by atoms with van der Waals surface area (Å²) in [4.78, 5) is 12.8. The van der Waals surface area contributed by atoms with E-state index in [0.717, 1.165) is 10.6 Å². The number of para-hydroxylation sites is 1. The molecule has 0 radical (unpaired) electrons. The minimum Gasteiger partial charge on any atom is -0.495 e. The maximum absolute atomic E-state index is 13.0. The summed E-state index contributed by atoms with van der Waals surface area (Å²) in [6, 6.07) is 10.3. The number of methoxy groups -OCH3 is 1. The second kappa shape index (κ2) is 10.3. The largest absolute Gasteiger partial charge is 0.495 e. The lowest BCUT2D eigenvalue weighted by molar-refractivity contribution is -0.114. The molecule has 1 aliphatic rings. The van der Waals surface area contributed by atoms with Crippen LogP contribution in [0.15, 0.2) is 47.4 Å². The fraction of sp³-hybridized carbons (Fsp3) is 0.350. The van der Waals surface area contributed by atoms with Crippen molar-refractivity contribution in [3.05, 3.63) is 47.5 Å². The van der Waals surface area contributed by atoms with Crippen LogP contribution in [0.4, 0.5) is 11.4 Å². The van der Waals surface area contributed by atoms with Crippen LogP contribution in [-0.2, 0) is 29.6 Å². The Morgan fingerprint density at radius 2 is 1.82 bits per heavy atom. The van der Waals surface area contributed by atoms with Crippen molar-refractivity contribution < 1.29 is 31.1 Å². The molecule has 1 fully saturated rings. The molecule has 0 spiro atoms. The molecule has 10 nitrogen and oxygen atoms in total. The number of hydrogen-bond donors (Lipinski definition) is 1. The summed E-state index contributed by atoms with van der Waals surface area (Å²) in [6.07, 6.45) is 0.958. The molecule has 1 saturated heterocycles. The first-order valence-corrected chi connectivity index (χ1v) is 13.5. The minimum absolute atomic E-state index is 0.0356. The molecule has 0 aliphatic carbocycles. The molecule has 1 N–H and O–H groups in total. The van der Waals surface area contributed by atoms with Gasteiger partial charge in [-0.1, -0.05) is 23.7 Å². The second-order valence-electron chi connectivity index (χ2n) is 7.15. The zero-order valence-corrected chi connectivity index (χ0v) is 20.4. The van der Waals surface area contributed by atoms with Gasteiger partial charge in [0, 0.05) is 13.1 Å². The summed E-state index contributed by atoms with van der Waals surface area (Å²) in [5.74, 6) is -0.493. The predicted octanol–water partition coefficient (Wildman–Crippen LogP) is 1.77. The Labute approximate surface area is 198 Å². The van der Waals surface area contributed by atoms with Gasteiger partial charge in [0.1, 0.15) is 12.3 Å². The van der Waals surface area contributed by atoms with E-state index in [1.54, 1.807) is 12.1 Å². The molecule has 33 heavy (non-hydrogen) atoms. The zero-order valence-electron chi connectivity index (χ0n) is 18.0. The molecule has 1 aliphatic heterocycles. The number of benzene rings is 2. The van der Waals surface area contributed by atoms with Gasteiger partial charge in [0.25, 0.3) is 0 Å². The molecule has 2 aromatic rings. The van der Waals surface area contributed by atoms with Gasteiger partial charge in [-0.25, -0.2) is 16.8 Å². The molecule has 0 aromatic heterocycles. The number of hydrogen-bond acceptors (Lipinski definition) is 7. The molecular formula is C20H24ClN3O7S2. The maximum Gasteiger partial charge on any atom is 0.245 e. The molecular weight excluding hydrogens is 494 g/mol. The number of carbonyl (C=O) groups excluding carboxylic acids is 1. The van der Waals surface area contributed by atoms with E-state index in [0.29, 0.717) is 13.2 Å². The van der Waals surface area contributed by atoms with Crippen molar-refractivity contribution in [2.45, 2.75) is 4.90 Å². The van der Waals surface area contributed by atoms with Crippen molar-refractivity contribution in [2.24, 2.45) is 0 Å². The van der Waals surface area contributed by atoms with E-state index in [4.69, 9.17) is 21.1 Å². The van der Waals surface area contributed by atoms with E-state index in [2.05, 4.69) is 5.32 Å². The van der Waals surface area contributed by atoms with Gasteiger partial charge in [-0.2, -0.15) is 4.31 Å². The Morgan fingerprint density at radius 3 is 2.42 bits per heavy atom. The summed E-state index contributed by atoms with van der Waals surface area (Å²) in [5, 5.41) is 2.71. The Balaban J connectivity index is 1.88. The van der Waals surface area contributed by atoms with Crippen LogP contribution in [0.5, 0.6) is 5.75 Å². The number of ether oxygens (including phenoxy) is 2. The monoisotopic (exact) mass is 517 g/mol. The van der Waals surface area contributed by atoms with E-state index in [-0.39, 0.29) is 40.1 Å². The van der Waals surface area contributed by atoms with Gasteiger partial charge < -0.3 is 14.8 Å². The summed E-state index contributed by atoms with van der Waals surface area (Å²) in [5.41, 5.74) is 0.233. The smallest absolute Gasteiger partial charge is 0.245 e. The van der Waals surface area contributed by atoms with Crippen LogP contribution in [-0.4, -0.2) is 73.3 Å². The van der Waals surface area contributed by atoms with Crippen molar-refractivity contribution in [2.75, 3.05) is 55.8 Å². The number of carbonyl (C=O) groups is 1. The third-order valence-electron chi connectivity index (χ3n) is 4.86. The molecule has 0 bridgehead atoms. The predicted molar refractivity (Wildman–Crippen MR) is 125 cm³/mol. The average Bonchev–Trinajstić information content (AvgIpc) is 2.78. The van der Waals surface area contributed by atoms with Crippen molar-refractivity contribution in [1.29, 1.82) is 0 Å². The van der Waals surface area contributed by atoms with Crippen LogP contribution in [0.1, 0.15) is 0 Å². The molecule has 0 unspecified atom stereocenters. The number of nitrogens with one attached hydrogen (secondary N) is 1. The van der Waals surface area contributed by atoms with Gasteiger partial charge in [0.15, 0.2) is 0 Å². The van der Waals surface area contributed by atoms with E-state index in [1.165, 1.54) is 41.7 Å². The van der Waals surface area contributed by atoms with Crippen LogP contribution in [0.3, 0.4) is 0 Å². The average molecular weight is 518 g/mol. The van der Waals surface area contributed by atoms with Gasteiger partial charge in [-0.15, -0.1) is 0 Å². The Bertz CT molecular complexity index is 1230. The standard InChI is InChI=1S/C20H24ClN3O7S2/c1-30-19-8-7-15(33(28,29)23-9-11-31-12-10-23)13-17(19)22-20(25)14-24(32(2,26)27)18-6-4-3-5-16(18)21/h3-8,13H,9-12,14H2,1-2H3,(H,22,25). The lowest BCUT2D eigenvalue weighted by Gasteiger charge is -2.26. The Morgan fingerprint density at radius 1 is 1.15 bits per heavy atom. The molecule has 1 amide bonds. The number of halogens is 1. The van der Waals surface area contributed by atoms with Crippen LogP contribution in [0.25, 0.3) is 0 Å². The topological polar surface area (TPSA) is 122 Å². The van der Waals surface area contributed by atoms with Crippen molar-refractivity contribution >= 4 is 48.9 Å². The van der Waals surface area contributed by atoms with E-state index >= 15 is 0 Å². The Kier molecular flexibility index (Phi) is 7.85. The highest BCUT2D eigenvalue weighted by molar-refractivity contribution is 7.92. The van der Waals surface area contributed by atoms with Gasteiger partial charge in [-0.3, -0.25) is 9.10 Å². The van der Waals surface area contributed by atoms with E-state index < -0.39 is 32.5 Å². The normalized spacial score (nSPS) is 15.1. The molecule has 13 heteroatoms. The molecule has 0 atom stereocenters. The third kappa shape index (κ3) is 5.95. The minimum atomic E-state index is -3.85. The summed E-state index contributed by atoms with van der Waals surface area (Å²) in [6.45, 7) is 0.450. The first-order valence-electron chi connectivity index (χ1n) is 9.82. The number of morpholine rings is 1. The van der Waals surface area contributed by atoms with Crippen LogP contribution in [0, 0.1) is 0 Å². The second-order valence-corrected chi connectivity index (χ2v) is 11.4. The highest BCUT2D eigenvalue weighted by Crippen LogP contribution is 2.30. The lowest BCUT2D eigenvalue weighted by Crippen LogP contribution is -2.40. The highest BCUT2D eigenvalue weighted by atomic mass is 35.5. The maximum atomic E-state index is 13.0. The number of nitrogens with zero attached hydrogens (tertiary/aromatic N) is 2. The van der Waals surface area contributed by atoms with E-state index in [1.807, 2.05) is 0 Å². The van der Waals surface area contributed by atoms with Crippen LogP contribution in [0.2, 0.25) is 5.02 Å². The quantitative estimate of drug-likeness (QED) is 0.566. The third-order valence-corrected chi connectivity index (χ3v) is 8.20. The zero-order chi connectivity index (χ0) is 24.2. The number of anilines is 2. The summed E-state index contributed by atoms with van der Waals surface area (Å²) >= 11 is 6.12. The number of rotatable bonds is 8. The first kappa shape index (κ1) is 25.2. The highest BCUT2D eigenvalue weighted by Gasteiger charge is 2.28. The van der Waals surface area contributed by atoms with Crippen molar-refractivity contribution in [3.8, 4) is 5.75 Å². The number of amides is 1. The molecule has 180 valence electrons. The van der Waals surface area contributed by atoms with Gasteiger partial charge in [-0.05, 0) is 30.3 Å². The summed E-state index contributed by atoms with van der Waals surface area (Å²) in [7, 11) is -6.30. The van der Waals surface area contributed by atoms with Crippen molar-refractivity contribution in [1.82, 2.24) is 4.31 Å². The fourth-order valence-corrected chi connectivity index (χ4v) is 5.83. The molecule has 2 aromatic carbocycles. The van der Waals surface area contributed by atoms with Gasteiger partial charge in [0.05, 0.1) is 47.9 Å². The van der Waals surface area contributed by atoms with Crippen molar-refractivity contribution in [3.63, 3.8) is 0 Å². The number of sulfonamides is 2. The van der Waals surface area contributed by atoms with Gasteiger partial charge in [0.2, 0.25) is 26.0 Å². The lowest BCUT2D eigenvalue weighted by atomic mass is 10.3. The fourth-order valence-electron chi connectivity index (χ4n) is 3.24. The molecule has 3 rings (SSSR count). The van der Waals surface area contributed by atoms with Crippen LogP contribution < -0.4 is 14.4 Å². The summed E-state index contributed by atoms with van der Waals surface area (Å²) < 4.78 is 63.2. The molecule has 1 heterocycles. The van der Waals surface area contributed by atoms with E-state index in [9.17, 15) is 21.6 Å². The van der Waals surface area contributed by atoms with Crippen LogP contribution >= 0.6 is 11.6 Å². The molecule has 0 saturated carbocycles. The SMILES string of the molecule is COc1ccc(S(=O)(=O)N2CCOCC2)cc1NC(=O)CN(c1ccccc1Cl)S(C)(=O)=O. The Hall–Kier alpha value is -2.38.